The fourth-order valence-corrected chi connectivity index (χ4v) is 3.08. The van der Waals surface area contributed by atoms with Gasteiger partial charge in [0.15, 0.2) is 11.5 Å². The summed E-state index contributed by atoms with van der Waals surface area (Å²) in [6.45, 7) is 0. The zero-order chi connectivity index (χ0) is 24.2. The maximum absolute atomic E-state index is 14.6. The third-order valence-electron chi connectivity index (χ3n) is 4.69. The number of ether oxygens (including phenoxy) is 3. The topological polar surface area (TPSA) is 94.6 Å². The van der Waals surface area contributed by atoms with E-state index in [0.29, 0.717) is 28.5 Å². The van der Waals surface area contributed by atoms with E-state index < -0.39 is 23.5 Å². The number of urea groups is 1. The molecule has 0 unspecified atom stereocenters. The number of amides is 2. The zero-order valence-electron chi connectivity index (χ0n) is 17.9. The fraction of sp³-hybridized carbons (Fsp3) is 0.0870. The van der Waals surface area contributed by atoms with Gasteiger partial charge in [0.1, 0.15) is 29.5 Å². The highest BCUT2D eigenvalue weighted by Crippen LogP contribution is 2.36. The van der Waals surface area contributed by atoms with Crippen LogP contribution < -0.4 is 24.8 Å². The van der Waals surface area contributed by atoms with Crippen LogP contribution in [0.1, 0.15) is 0 Å². The summed E-state index contributed by atoms with van der Waals surface area (Å²) in [5, 5.41) is 4.93. The maximum atomic E-state index is 14.6. The molecule has 2 N–H and O–H groups in total. The number of fused-ring (bicyclic) bond motifs is 1. The molecule has 1 aromatic heterocycles. The lowest BCUT2D eigenvalue weighted by Crippen LogP contribution is -2.20. The number of aromatic nitrogens is 2. The Morgan fingerprint density at radius 3 is 2.12 bits per heavy atom. The number of benzene rings is 3. The lowest BCUT2D eigenvalue weighted by atomic mass is 10.2. The van der Waals surface area contributed by atoms with Gasteiger partial charge in [-0.3, -0.25) is 0 Å². The van der Waals surface area contributed by atoms with Crippen LogP contribution in [-0.4, -0.2) is 30.2 Å². The van der Waals surface area contributed by atoms with Crippen molar-refractivity contribution in [1.82, 2.24) is 9.97 Å². The van der Waals surface area contributed by atoms with Crippen molar-refractivity contribution in [1.29, 1.82) is 0 Å². The molecular formula is C23H17F3N4O4. The number of nitrogens with one attached hydrogen (secondary N) is 2. The lowest BCUT2D eigenvalue weighted by molar-refractivity contribution is 0.262. The summed E-state index contributed by atoms with van der Waals surface area (Å²) >= 11 is 0. The second kappa shape index (κ2) is 9.53. The molecule has 4 rings (SSSR count). The molecule has 0 aliphatic carbocycles. The van der Waals surface area contributed by atoms with Gasteiger partial charge in [-0.2, -0.15) is 0 Å². The van der Waals surface area contributed by atoms with E-state index in [-0.39, 0.29) is 23.0 Å². The Morgan fingerprint density at radius 2 is 1.47 bits per heavy atom. The first-order valence-electron chi connectivity index (χ1n) is 9.75. The monoisotopic (exact) mass is 470 g/mol. The van der Waals surface area contributed by atoms with Gasteiger partial charge in [0.2, 0.25) is 5.88 Å². The van der Waals surface area contributed by atoms with Crippen molar-refractivity contribution in [3.05, 3.63) is 72.3 Å². The number of hydrogen-bond acceptors (Lipinski definition) is 6. The maximum Gasteiger partial charge on any atom is 0.323 e. The van der Waals surface area contributed by atoms with Crippen molar-refractivity contribution in [2.24, 2.45) is 0 Å². The quantitative estimate of drug-likeness (QED) is 0.386. The molecular weight excluding hydrogens is 453 g/mol. The molecule has 0 spiro atoms. The average Bonchev–Trinajstić information content (AvgIpc) is 2.82. The van der Waals surface area contributed by atoms with Crippen LogP contribution in [0.5, 0.6) is 23.1 Å². The molecule has 0 saturated carbocycles. The predicted molar refractivity (Wildman–Crippen MR) is 118 cm³/mol. The SMILES string of the molecule is COc1cc2ncnc(Oc3ccc(NC(=O)Nc4ccc(F)cc4F)c(F)c3)c2cc1OC. The van der Waals surface area contributed by atoms with E-state index in [2.05, 4.69) is 20.6 Å². The van der Waals surface area contributed by atoms with Gasteiger partial charge >= 0.3 is 6.03 Å². The van der Waals surface area contributed by atoms with Gasteiger partial charge < -0.3 is 24.8 Å². The van der Waals surface area contributed by atoms with Crippen molar-refractivity contribution < 1.29 is 32.2 Å². The molecule has 0 saturated heterocycles. The van der Waals surface area contributed by atoms with Gasteiger partial charge in [0.25, 0.3) is 0 Å². The first-order chi connectivity index (χ1) is 16.4. The number of methoxy groups -OCH3 is 2. The zero-order valence-corrected chi connectivity index (χ0v) is 17.9. The van der Waals surface area contributed by atoms with Crippen LogP contribution in [0, 0.1) is 17.5 Å². The summed E-state index contributed by atoms with van der Waals surface area (Å²) in [6.07, 6.45) is 1.29. The summed E-state index contributed by atoms with van der Waals surface area (Å²) < 4.78 is 57.6. The summed E-state index contributed by atoms with van der Waals surface area (Å²) in [7, 11) is 2.98. The summed E-state index contributed by atoms with van der Waals surface area (Å²) in [6, 6.07) is 8.73. The minimum atomic E-state index is -0.967. The largest absolute Gasteiger partial charge is 0.493 e. The molecule has 8 nitrogen and oxygen atoms in total. The molecule has 0 aliphatic heterocycles. The molecule has 0 radical (unpaired) electrons. The molecule has 34 heavy (non-hydrogen) atoms. The number of hydrogen-bond donors (Lipinski definition) is 2. The van der Waals surface area contributed by atoms with Crippen LogP contribution in [0.25, 0.3) is 10.9 Å². The van der Waals surface area contributed by atoms with Crippen LogP contribution in [0.3, 0.4) is 0 Å². The van der Waals surface area contributed by atoms with Crippen molar-refractivity contribution in [2.75, 3.05) is 24.9 Å². The number of carbonyl (C=O) groups is 1. The molecule has 0 atom stereocenters. The van der Waals surface area contributed by atoms with Gasteiger partial charge in [-0.05, 0) is 30.3 Å². The molecule has 11 heteroatoms. The average molecular weight is 470 g/mol. The summed E-state index contributed by atoms with van der Waals surface area (Å²) in [4.78, 5) is 20.4. The van der Waals surface area contributed by atoms with Crippen molar-refractivity contribution >= 4 is 28.3 Å². The van der Waals surface area contributed by atoms with Gasteiger partial charge in [-0.15, -0.1) is 0 Å². The normalized spacial score (nSPS) is 10.6. The predicted octanol–water partition coefficient (Wildman–Crippen LogP) is 5.50. The molecule has 3 aromatic carbocycles. The van der Waals surface area contributed by atoms with Gasteiger partial charge in [-0.25, -0.2) is 27.9 Å². The highest BCUT2D eigenvalue weighted by Gasteiger charge is 2.15. The second-order valence-electron chi connectivity index (χ2n) is 6.85. The number of halogens is 3. The number of rotatable bonds is 6. The van der Waals surface area contributed by atoms with E-state index in [1.165, 1.54) is 32.7 Å². The molecule has 174 valence electrons. The van der Waals surface area contributed by atoms with Crippen molar-refractivity contribution in [2.45, 2.75) is 0 Å². The highest BCUT2D eigenvalue weighted by molar-refractivity contribution is 6.00. The number of carbonyl (C=O) groups excluding carboxylic acids is 1. The van der Waals surface area contributed by atoms with E-state index in [1.807, 2.05) is 0 Å². The third-order valence-corrected chi connectivity index (χ3v) is 4.69. The summed E-state index contributed by atoms with van der Waals surface area (Å²) in [5.74, 6) is -1.42. The Labute approximate surface area is 191 Å². The number of anilines is 2. The molecule has 2 amide bonds. The Balaban J connectivity index is 1.52. The van der Waals surface area contributed by atoms with Crippen LogP contribution in [0.15, 0.2) is 54.9 Å². The van der Waals surface area contributed by atoms with E-state index in [9.17, 15) is 18.0 Å². The van der Waals surface area contributed by atoms with E-state index in [0.717, 1.165) is 18.2 Å². The minimum Gasteiger partial charge on any atom is -0.493 e. The van der Waals surface area contributed by atoms with Crippen LogP contribution in [0.4, 0.5) is 29.3 Å². The van der Waals surface area contributed by atoms with Crippen molar-refractivity contribution in [3.8, 4) is 23.1 Å². The standard InChI is InChI=1S/C23H17F3N4O4/c1-32-20-9-14-19(10-21(20)33-2)27-11-28-22(14)34-13-4-6-18(16(26)8-13)30-23(31)29-17-5-3-12(24)7-15(17)25/h3-11H,1-2H3,(H2,29,30,31). The van der Waals surface area contributed by atoms with Gasteiger partial charge in [-0.1, -0.05) is 0 Å². The molecule has 4 aromatic rings. The Bertz CT molecular complexity index is 1380. The van der Waals surface area contributed by atoms with E-state index in [1.54, 1.807) is 12.1 Å². The third kappa shape index (κ3) is 4.77. The molecule has 0 aliphatic rings. The smallest absolute Gasteiger partial charge is 0.323 e. The van der Waals surface area contributed by atoms with Crippen LogP contribution >= 0.6 is 0 Å². The molecule has 0 fully saturated rings. The Hall–Kier alpha value is -4.54. The minimum absolute atomic E-state index is 0.0998. The van der Waals surface area contributed by atoms with E-state index >= 15 is 0 Å². The molecule has 1 heterocycles. The first-order valence-corrected chi connectivity index (χ1v) is 9.75. The first kappa shape index (κ1) is 22.6. The number of nitrogens with zero attached hydrogens (tertiary/aromatic N) is 2. The lowest BCUT2D eigenvalue weighted by Gasteiger charge is -2.12. The molecule has 0 bridgehead atoms. The summed E-state index contributed by atoms with van der Waals surface area (Å²) in [5.41, 5.74) is 0.0689. The highest BCUT2D eigenvalue weighted by atomic mass is 19.1. The van der Waals surface area contributed by atoms with Gasteiger partial charge in [0, 0.05) is 18.2 Å². The Morgan fingerprint density at radius 1 is 0.824 bits per heavy atom. The second-order valence-corrected chi connectivity index (χ2v) is 6.85. The van der Waals surface area contributed by atoms with Gasteiger partial charge in [0.05, 0.1) is 36.5 Å². The van der Waals surface area contributed by atoms with E-state index in [4.69, 9.17) is 14.2 Å². The van der Waals surface area contributed by atoms with Crippen molar-refractivity contribution in [3.63, 3.8) is 0 Å². The Kier molecular flexibility index (Phi) is 6.35. The van der Waals surface area contributed by atoms with Crippen LogP contribution in [-0.2, 0) is 0 Å². The fourth-order valence-electron chi connectivity index (χ4n) is 3.08. The van der Waals surface area contributed by atoms with Crippen LogP contribution in [0.2, 0.25) is 0 Å².